The van der Waals surface area contributed by atoms with Gasteiger partial charge < -0.3 is 19.7 Å². The Morgan fingerprint density at radius 1 is 0.957 bits per heavy atom. The van der Waals surface area contributed by atoms with Crippen molar-refractivity contribution in [2.24, 2.45) is 7.05 Å². The Morgan fingerprint density at radius 3 is 2.45 bits per heavy atom. The summed E-state index contributed by atoms with van der Waals surface area (Å²) in [6.45, 7) is 1.28. The zero-order chi connectivity index (χ0) is 33.5. The number of nitrogens with zero attached hydrogens (tertiary/aromatic N) is 7. The van der Waals surface area contributed by atoms with Gasteiger partial charge in [-0.25, -0.2) is 21.8 Å². The van der Waals surface area contributed by atoms with Gasteiger partial charge in [0.05, 0.1) is 21.9 Å². The lowest BCUT2D eigenvalue weighted by Crippen LogP contribution is -2.28. The van der Waals surface area contributed by atoms with Gasteiger partial charge in [-0.2, -0.15) is 4.98 Å². The molecule has 242 valence electrons. The molecule has 3 heterocycles. The van der Waals surface area contributed by atoms with E-state index in [-0.39, 0.29) is 23.0 Å². The predicted molar refractivity (Wildman–Crippen MR) is 182 cm³/mol. The Hall–Kier alpha value is -5.34. The molecule has 0 spiro atoms. The third-order valence-corrected chi connectivity index (χ3v) is 9.52. The Morgan fingerprint density at radius 2 is 1.72 bits per heavy atom. The van der Waals surface area contributed by atoms with Crippen LogP contribution in [0.15, 0.2) is 85.2 Å². The summed E-state index contributed by atoms with van der Waals surface area (Å²) < 4.78 is 44.5. The largest absolute Gasteiger partial charge is 0.368 e. The molecule has 14 heteroatoms. The first-order valence-corrected chi connectivity index (χ1v) is 16.3. The summed E-state index contributed by atoms with van der Waals surface area (Å²) in [5, 5.41) is 16.4. The van der Waals surface area contributed by atoms with E-state index in [1.165, 1.54) is 24.4 Å². The number of aryl methyl sites for hydroxylation is 1. The standard InChI is InChI=1S/C33H33FN8O4S/c1-38(2)16-17-39(3)28-13-11-24(19-30(28)42(43)44)35-33-36-31(27-20-40(4)29-18-23(34)10-12-25(27)29)26-14-15-41(32(26)37-33)47(45,46)21-22-8-6-5-7-9-22/h5-15,18-20H,16-17,21H2,1-4H3,(H,35,36,37). The molecular formula is C33H33FN8O4S. The molecule has 0 radical (unpaired) electrons. The number of nitro benzene ring substituents is 1. The number of anilines is 3. The Balaban J connectivity index is 1.49. The molecule has 0 atom stereocenters. The van der Waals surface area contributed by atoms with E-state index in [0.29, 0.717) is 57.6 Å². The summed E-state index contributed by atoms with van der Waals surface area (Å²) in [5.74, 6) is -0.622. The van der Waals surface area contributed by atoms with Gasteiger partial charge >= 0.3 is 0 Å². The summed E-state index contributed by atoms with van der Waals surface area (Å²) in [5.41, 5.74) is 3.10. The maximum Gasteiger partial charge on any atom is 0.294 e. The van der Waals surface area contributed by atoms with Gasteiger partial charge in [0.1, 0.15) is 11.5 Å². The highest BCUT2D eigenvalue weighted by Gasteiger charge is 2.24. The zero-order valence-corrected chi connectivity index (χ0v) is 27.1. The number of nitro groups is 1. The van der Waals surface area contributed by atoms with Crippen molar-refractivity contribution in [1.82, 2.24) is 23.4 Å². The SMILES string of the molecule is CN(C)CCN(C)c1ccc(Nc2nc(-c3cn(C)c4cc(F)ccc34)c3ccn(S(=O)(=O)Cc4ccccc4)c3n2)cc1[N+](=O)[O-]. The van der Waals surface area contributed by atoms with Crippen LogP contribution in [0.4, 0.5) is 27.4 Å². The van der Waals surface area contributed by atoms with Gasteiger partial charge in [0, 0.05) is 67.7 Å². The summed E-state index contributed by atoms with van der Waals surface area (Å²) >= 11 is 0. The number of nitrogens with one attached hydrogen (secondary N) is 1. The fraction of sp³-hybridized carbons (Fsp3) is 0.212. The lowest BCUT2D eigenvalue weighted by molar-refractivity contribution is -0.384. The van der Waals surface area contributed by atoms with Crippen LogP contribution in [0.25, 0.3) is 33.2 Å². The molecule has 0 unspecified atom stereocenters. The third-order valence-electron chi connectivity index (χ3n) is 7.93. The fourth-order valence-electron chi connectivity index (χ4n) is 5.55. The van der Waals surface area contributed by atoms with Crippen LogP contribution < -0.4 is 10.2 Å². The van der Waals surface area contributed by atoms with Crippen molar-refractivity contribution in [1.29, 1.82) is 0 Å². The van der Waals surface area contributed by atoms with Gasteiger partial charge in [-0.15, -0.1) is 0 Å². The maximum atomic E-state index is 14.2. The second-order valence-corrected chi connectivity index (χ2v) is 13.5. The number of fused-ring (bicyclic) bond motifs is 2. The Bertz CT molecular complexity index is 2230. The second-order valence-electron chi connectivity index (χ2n) is 11.6. The van der Waals surface area contributed by atoms with Gasteiger partial charge in [-0.3, -0.25) is 10.1 Å². The van der Waals surface area contributed by atoms with Crippen molar-refractivity contribution in [3.8, 4) is 11.3 Å². The first kappa shape index (κ1) is 31.6. The maximum absolute atomic E-state index is 14.2. The molecule has 47 heavy (non-hydrogen) atoms. The van der Waals surface area contributed by atoms with E-state index in [4.69, 9.17) is 4.98 Å². The molecule has 0 amide bonds. The highest BCUT2D eigenvalue weighted by Crippen LogP contribution is 2.37. The van der Waals surface area contributed by atoms with E-state index >= 15 is 0 Å². The van der Waals surface area contributed by atoms with Gasteiger partial charge in [0.25, 0.3) is 5.69 Å². The van der Waals surface area contributed by atoms with E-state index < -0.39 is 20.8 Å². The van der Waals surface area contributed by atoms with E-state index in [2.05, 4.69) is 10.3 Å². The molecule has 0 saturated heterocycles. The molecule has 3 aromatic heterocycles. The minimum atomic E-state index is -3.93. The van der Waals surface area contributed by atoms with Crippen molar-refractivity contribution in [3.63, 3.8) is 0 Å². The van der Waals surface area contributed by atoms with Crippen LogP contribution in [0.3, 0.4) is 0 Å². The molecule has 12 nitrogen and oxygen atoms in total. The Kier molecular flexibility index (Phi) is 8.38. The van der Waals surface area contributed by atoms with Crippen LogP contribution in [-0.4, -0.2) is 71.0 Å². The smallest absolute Gasteiger partial charge is 0.294 e. The normalized spacial score (nSPS) is 11.9. The minimum absolute atomic E-state index is 0.0319. The van der Waals surface area contributed by atoms with Crippen molar-refractivity contribution in [2.45, 2.75) is 5.75 Å². The van der Waals surface area contributed by atoms with Crippen LogP contribution in [0.2, 0.25) is 0 Å². The fourth-order valence-corrected chi connectivity index (χ4v) is 6.95. The van der Waals surface area contributed by atoms with Crippen molar-refractivity contribution in [2.75, 3.05) is 44.4 Å². The van der Waals surface area contributed by atoms with E-state index in [1.54, 1.807) is 73.4 Å². The number of likely N-dealkylation sites (N-methyl/N-ethyl adjacent to an activating group) is 2. The molecule has 6 aromatic rings. The number of benzene rings is 3. The summed E-state index contributed by atoms with van der Waals surface area (Å²) in [6.07, 6.45) is 3.24. The number of aromatic nitrogens is 4. The lowest BCUT2D eigenvalue weighted by atomic mass is 10.1. The van der Waals surface area contributed by atoms with Crippen LogP contribution in [0, 0.1) is 15.9 Å². The zero-order valence-electron chi connectivity index (χ0n) is 26.3. The summed E-state index contributed by atoms with van der Waals surface area (Å²) in [7, 11) is 3.51. The van der Waals surface area contributed by atoms with Gasteiger partial charge in [0.2, 0.25) is 16.0 Å². The molecule has 1 N–H and O–H groups in total. The van der Waals surface area contributed by atoms with Gasteiger partial charge in [0.15, 0.2) is 5.65 Å². The molecule has 6 rings (SSSR count). The van der Waals surface area contributed by atoms with Crippen molar-refractivity contribution >= 4 is 55.0 Å². The van der Waals surface area contributed by atoms with Crippen LogP contribution >= 0.6 is 0 Å². The minimum Gasteiger partial charge on any atom is -0.368 e. The van der Waals surface area contributed by atoms with Crippen molar-refractivity contribution in [3.05, 3.63) is 107 Å². The molecular weight excluding hydrogens is 623 g/mol. The highest BCUT2D eigenvalue weighted by molar-refractivity contribution is 7.89. The molecule has 0 saturated carbocycles. The number of rotatable bonds is 11. The number of halogens is 1. The van der Waals surface area contributed by atoms with Gasteiger partial charge in [-0.1, -0.05) is 30.3 Å². The summed E-state index contributed by atoms with van der Waals surface area (Å²) in [4.78, 5) is 24.9. The topological polar surface area (TPSA) is 131 Å². The van der Waals surface area contributed by atoms with E-state index in [1.807, 2.05) is 30.0 Å². The Labute approximate surface area is 270 Å². The van der Waals surface area contributed by atoms with Crippen LogP contribution in [-0.2, 0) is 22.8 Å². The molecule has 0 aliphatic heterocycles. The quantitative estimate of drug-likeness (QED) is 0.137. The number of hydrogen-bond donors (Lipinski definition) is 1. The first-order chi connectivity index (χ1) is 22.4. The highest BCUT2D eigenvalue weighted by atomic mass is 32.2. The third kappa shape index (κ3) is 6.37. The van der Waals surface area contributed by atoms with E-state index in [0.717, 1.165) is 3.97 Å². The molecule has 3 aromatic carbocycles. The average molecular weight is 657 g/mol. The molecule has 0 aliphatic carbocycles. The van der Waals surface area contributed by atoms with Crippen molar-refractivity contribution < 1.29 is 17.7 Å². The molecule has 0 bridgehead atoms. The van der Waals surface area contributed by atoms with Crippen LogP contribution in [0.1, 0.15) is 5.56 Å². The predicted octanol–water partition coefficient (Wildman–Crippen LogP) is 5.76. The first-order valence-electron chi connectivity index (χ1n) is 14.7. The summed E-state index contributed by atoms with van der Waals surface area (Å²) in [6, 6.07) is 19.6. The average Bonchev–Trinajstić information content (AvgIpc) is 3.61. The van der Waals surface area contributed by atoms with E-state index in [9.17, 15) is 22.9 Å². The van der Waals surface area contributed by atoms with Crippen LogP contribution in [0.5, 0.6) is 0 Å². The molecule has 0 aliphatic rings. The number of hydrogen-bond acceptors (Lipinski definition) is 9. The van der Waals surface area contributed by atoms with Gasteiger partial charge in [-0.05, 0) is 56.1 Å². The molecule has 0 fully saturated rings. The second kappa shape index (κ2) is 12.5. The monoisotopic (exact) mass is 656 g/mol. The lowest BCUT2D eigenvalue weighted by Gasteiger charge is -2.21.